The van der Waals surface area contributed by atoms with Gasteiger partial charge in [-0.2, -0.15) is 0 Å². The number of ether oxygens (including phenoxy) is 1. The second kappa shape index (κ2) is 7.27. The van der Waals surface area contributed by atoms with E-state index in [9.17, 15) is 12.8 Å². The van der Waals surface area contributed by atoms with Gasteiger partial charge in [-0.1, -0.05) is 36.4 Å². The first kappa shape index (κ1) is 16.8. The van der Waals surface area contributed by atoms with E-state index in [1.54, 1.807) is 30.3 Å². The summed E-state index contributed by atoms with van der Waals surface area (Å²) >= 11 is 0. The van der Waals surface area contributed by atoms with Crippen molar-refractivity contribution in [1.82, 2.24) is 9.97 Å². The minimum Gasteiger partial charge on any atom is -0.424 e. The van der Waals surface area contributed by atoms with Crippen molar-refractivity contribution in [3.8, 4) is 11.8 Å². The van der Waals surface area contributed by atoms with E-state index in [4.69, 9.17) is 4.74 Å². The molecular weight excluding hydrogens is 345 g/mol. The van der Waals surface area contributed by atoms with E-state index in [2.05, 4.69) is 14.7 Å². The number of rotatable bonds is 6. The highest BCUT2D eigenvalue weighted by Gasteiger charge is 2.15. The van der Waals surface area contributed by atoms with E-state index >= 15 is 0 Å². The van der Waals surface area contributed by atoms with Crippen molar-refractivity contribution >= 4 is 15.7 Å². The fourth-order valence-electron chi connectivity index (χ4n) is 2.05. The second-order valence-electron chi connectivity index (χ2n) is 5.12. The SMILES string of the molecule is O=S(=O)(Cc1ccccc1F)Nc1cnc(Oc2ccccc2)nc1. The van der Waals surface area contributed by atoms with Gasteiger partial charge in [-0.05, 0) is 18.2 Å². The van der Waals surface area contributed by atoms with Crippen molar-refractivity contribution in [2.24, 2.45) is 0 Å². The Balaban J connectivity index is 1.67. The van der Waals surface area contributed by atoms with E-state index in [1.807, 2.05) is 6.07 Å². The van der Waals surface area contributed by atoms with Crippen molar-refractivity contribution in [1.29, 1.82) is 0 Å². The normalized spacial score (nSPS) is 11.1. The van der Waals surface area contributed by atoms with Crippen LogP contribution in [-0.4, -0.2) is 18.4 Å². The molecule has 2 aromatic carbocycles. The maximum Gasteiger partial charge on any atom is 0.322 e. The third kappa shape index (κ3) is 4.74. The molecule has 0 unspecified atom stereocenters. The van der Waals surface area contributed by atoms with Gasteiger partial charge >= 0.3 is 6.01 Å². The third-order valence-corrected chi connectivity index (χ3v) is 4.39. The van der Waals surface area contributed by atoms with Gasteiger partial charge in [0.25, 0.3) is 0 Å². The van der Waals surface area contributed by atoms with Crippen LogP contribution in [0.4, 0.5) is 10.1 Å². The van der Waals surface area contributed by atoms with Gasteiger partial charge in [0.15, 0.2) is 0 Å². The zero-order chi connectivity index (χ0) is 17.7. The Kier molecular flexibility index (Phi) is 4.90. The average Bonchev–Trinajstić information content (AvgIpc) is 2.59. The number of nitrogens with zero attached hydrogens (tertiary/aromatic N) is 2. The van der Waals surface area contributed by atoms with Crippen molar-refractivity contribution < 1.29 is 17.5 Å². The summed E-state index contributed by atoms with van der Waals surface area (Å²) in [5, 5.41) is 0. The minimum absolute atomic E-state index is 0.0833. The van der Waals surface area contributed by atoms with Crippen LogP contribution < -0.4 is 9.46 Å². The molecule has 1 heterocycles. The molecule has 1 aromatic heterocycles. The Bertz CT molecular complexity index is 948. The fourth-order valence-corrected chi connectivity index (χ4v) is 3.23. The van der Waals surface area contributed by atoms with Crippen molar-refractivity contribution in [2.45, 2.75) is 5.75 Å². The van der Waals surface area contributed by atoms with E-state index < -0.39 is 21.6 Å². The third-order valence-electron chi connectivity index (χ3n) is 3.16. The number of halogens is 1. The van der Waals surface area contributed by atoms with Crippen LogP contribution in [0.3, 0.4) is 0 Å². The minimum atomic E-state index is -3.79. The van der Waals surface area contributed by atoms with Crippen LogP contribution in [0.25, 0.3) is 0 Å². The topological polar surface area (TPSA) is 81.2 Å². The van der Waals surface area contributed by atoms with Crippen LogP contribution >= 0.6 is 0 Å². The highest BCUT2D eigenvalue weighted by atomic mass is 32.2. The quantitative estimate of drug-likeness (QED) is 0.730. The standard InChI is InChI=1S/C17H14FN3O3S/c18-16-9-5-4-6-13(16)12-25(22,23)21-14-10-19-17(20-11-14)24-15-7-2-1-3-8-15/h1-11,21H,12H2. The smallest absolute Gasteiger partial charge is 0.322 e. The molecule has 0 saturated heterocycles. The molecule has 1 N–H and O–H groups in total. The number of hydrogen-bond donors (Lipinski definition) is 1. The van der Waals surface area contributed by atoms with Crippen LogP contribution in [0.1, 0.15) is 5.56 Å². The van der Waals surface area contributed by atoms with Gasteiger partial charge in [0.05, 0.1) is 23.8 Å². The molecule has 0 saturated carbocycles. The fraction of sp³-hybridized carbons (Fsp3) is 0.0588. The molecule has 0 fully saturated rings. The summed E-state index contributed by atoms with van der Waals surface area (Å²) in [6.07, 6.45) is 2.56. The van der Waals surface area contributed by atoms with Crippen LogP contribution in [-0.2, 0) is 15.8 Å². The largest absolute Gasteiger partial charge is 0.424 e. The molecular formula is C17H14FN3O3S. The van der Waals surface area contributed by atoms with Gasteiger partial charge in [0.1, 0.15) is 11.6 Å². The molecule has 128 valence electrons. The molecule has 0 radical (unpaired) electrons. The lowest BCUT2D eigenvalue weighted by Crippen LogP contribution is -2.16. The number of aromatic nitrogens is 2. The first-order valence-electron chi connectivity index (χ1n) is 7.31. The number of nitrogens with one attached hydrogen (secondary N) is 1. The summed E-state index contributed by atoms with van der Waals surface area (Å²) in [5.41, 5.74) is 0.247. The van der Waals surface area contributed by atoms with Gasteiger partial charge in [0, 0.05) is 5.56 Å². The molecule has 6 nitrogen and oxygen atoms in total. The molecule has 0 aliphatic heterocycles. The summed E-state index contributed by atoms with van der Waals surface area (Å²) < 4.78 is 45.6. The second-order valence-corrected chi connectivity index (χ2v) is 6.84. The molecule has 3 rings (SSSR count). The Morgan fingerprint density at radius 2 is 1.60 bits per heavy atom. The van der Waals surface area contributed by atoms with Gasteiger partial charge in [0.2, 0.25) is 10.0 Å². The van der Waals surface area contributed by atoms with E-state index in [0.29, 0.717) is 5.75 Å². The molecule has 0 aliphatic rings. The lowest BCUT2D eigenvalue weighted by molar-refractivity contribution is 0.442. The van der Waals surface area contributed by atoms with Crippen LogP contribution in [0.15, 0.2) is 67.0 Å². The number of benzene rings is 2. The maximum absolute atomic E-state index is 13.6. The molecule has 0 atom stereocenters. The van der Waals surface area contributed by atoms with E-state index in [0.717, 1.165) is 0 Å². The average molecular weight is 359 g/mol. The van der Waals surface area contributed by atoms with E-state index in [-0.39, 0.29) is 17.3 Å². The first-order valence-corrected chi connectivity index (χ1v) is 8.96. The van der Waals surface area contributed by atoms with Gasteiger partial charge in [-0.3, -0.25) is 4.72 Å². The molecule has 8 heteroatoms. The summed E-state index contributed by atoms with van der Waals surface area (Å²) in [7, 11) is -3.79. The number of hydrogen-bond acceptors (Lipinski definition) is 5. The van der Waals surface area contributed by atoms with E-state index in [1.165, 1.54) is 30.6 Å². The number of anilines is 1. The molecule has 25 heavy (non-hydrogen) atoms. The molecule has 0 amide bonds. The maximum atomic E-state index is 13.6. The van der Waals surface area contributed by atoms with Gasteiger partial charge in [-0.15, -0.1) is 0 Å². The van der Waals surface area contributed by atoms with Crippen molar-refractivity contribution in [3.63, 3.8) is 0 Å². The number of para-hydroxylation sites is 1. The Labute approximate surface area is 144 Å². The lowest BCUT2D eigenvalue weighted by Gasteiger charge is -2.09. The molecule has 0 aliphatic carbocycles. The summed E-state index contributed by atoms with van der Waals surface area (Å²) in [6.45, 7) is 0. The van der Waals surface area contributed by atoms with Gasteiger partial charge in [-0.25, -0.2) is 22.8 Å². The lowest BCUT2D eigenvalue weighted by atomic mass is 10.2. The van der Waals surface area contributed by atoms with Crippen molar-refractivity contribution in [2.75, 3.05) is 4.72 Å². The van der Waals surface area contributed by atoms with Crippen LogP contribution in [0.5, 0.6) is 11.8 Å². The van der Waals surface area contributed by atoms with Crippen LogP contribution in [0, 0.1) is 5.82 Å². The zero-order valence-corrected chi connectivity index (χ0v) is 13.8. The number of sulfonamides is 1. The highest BCUT2D eigenvalue weighted by Crippen LogP contribution is 2.18. The molecule has 0 bridgehead atoms. The van der Waals surface area contributed by atoms with Crippen LogP contribution in [0.2, 0.25) is 0 Å². The zero-order valence-electron chi connectivity index (χ0n) is 13.0. The Morgan fingerprint density at radius 1 is 0.960 bits per heavy atom. The first-order chi connectivity index (χ1) is 12.0. The predicted molar refractivity (Wildman–Crippen MR) is 91.2 cm³/mol. The molecule has 0 spiro atoms. The monoisotopic (exact) mass is 359 g/mol. The summed E-state index contributed by atoms with van der Waals surface area (Å²) in [6, 6.07) is 14.7. The summed E-state index contributed by atoms with van der Waals surface area (Å²) in [4.78, 5) is 7.90. The highest BCUT2D eigenvalue weighted by molar-refractivity contribution is 7.91. The van der Waals surface area contributed by atoms with Crippen molar-refractivity contribution in [3.05, 3.63) is 78.4 Å². The predicted octanol–water partition coefficient (Wildman–Crippen LogP) is 3.35. The van der Waals surface area contributed by atoms with Gasteiger partial charge < -0.3 is 4.74 Å². The Morgan fingerprint density at radius 3 is 2.28 bits per heavy atom. The summed E-state index contributed by atoms with van der Waals surface area (Å²) in [5.74, 6) is -0.492. The Hall–Kier alpha value is -3.00. The molecule has 3 aromatic rings.